The van der Waals surface area contributed by atoms with Gasteiger partial charge in [0.1, 0.15) is 5.75 Å². The largest absolute Gasteiger partial charge is 0.309 e. The predicted octanol–water partition coefficient (Wildman–Crippen LogP) is 3.67. The summed E-state index contributed by atoms with van der Waals surface area (Å²) < 4.78 is 26.5. The topological polar surface area (TPSA) is 70.6 Å². The molecule has 0 spiro atoms. The van der Waals surface area contributed by atoms with E-state index in [4.69, 9.17) is 0 Å². The molecule has 2 aromatic carbocycles. The van der Waals surface area contributed by atoms with Crippen LogP contribution < -0.4 is 4.90 Å². The molecule has 0 N–H and O–H groups in total. The van der Waals surface area contributed by atoms with E-state index in [0.717, 1.165) is 34.3 Å². The first kappa shape index (κ1) is 22.4. The number of sulfone groups is 1. The third kappa shape index (κ3) is 5.24. The Balaban J connectivity index is 1.92. The minimum Gasteiger partial charge on any atom is -0.309 e. The maximum atomic E-state index is 13.1. The van der Waals surface area contributed by atoms with Crippen molar-refractivity contribution < 1.29 is 13.2 Å². The molecule has 0 aliphatic rings. The number of aryl methyl sites for hydroxylation is 2. The van der Waals surface area contributed by atoms with E-state index in [2.05, 4.69) is 11.1 Å². The van der Waals surface area contributed by atoms with Crippen LogP contribution in [0.1, 0.15) is 17.5 Å². The molecule has 0 saturated heterocycles. The van der Waals surface area contributed by atoms with Crippen LogP contribution in [0.3, 0.4) is 0 Å². The third-order valence-electron chi connectivity index (χ3n) is 4.74. The number of carbonyl (C=O) groups is 1. The molecule has 160 valence electrons. The number of aromatic nitrogens is 1. The van der Waals surface area contributed by atoms with Crippen LogP contribution in [0, 0.1) is 13.8 Å². The summed E-state index contributed by atoms with van der Waals surface area (Å²) in [5.41, 5.74) is 3.05. The van der Waals surface area contributed by atoms with Crippen LogP contribution >= 0.6 is 11.3 Å². The van der Waals surface area contributed by atoms with Gasteiger partial charge >= 0.3 is 0 Å². The quantitative estimate of drug-likeness (QED) is 0.529. The summed E-state index contributed by atoms with van der Waals surface area (Å²) in [7, 11) is 0.213. The van der Waals surface area contributed by atoms with E-state index in [1.165, 1.54) is 28.4 Å². The molecule has 8 heteroatoms. The molecular formula is C22H27N3O3S2. The molecule has 0 aliphatic heterocycles. The lowest BCUT2D eigenvalue weighted by atomic mass is 10.1. The van der Waals surface area contributed by atoms with E-state index in [9.17, 15) is 13.2 Å². The maximum absolute atomic E-state index is 13.1. The van der Waals surface area contributed by atoms with Crippen molar-refractivity contribution in [3.63, 3.8) is 0 Å². The van der Waals surface area contributed by atoms with Crippen LogP contribution in [-0.4, -0.2) is 57.1 Å². The molecule has 3 rings (SSSR count). The second kappa shape index (κ2) is 9.24. The number of thiazole rings is 1. The lowest BCUT2D eigenvalue weighted by Gasteiger charge is -2.21. The summed E-state index contributed by atoms with van der Waals surface area (Å²) in [6.07, 6.45) is 0.720. The van der Waals surface area contributed by atoms with Crippen LogP contribution in [0.5, 0.6) is 0 Å². The average Bonchev–Trinajstić information content (AvgIpc) is 3.09. The first-order valence-electron chi connectivity index (χ1n) is 9.78. The smallest absolute Gasteiger partial charge is 0.244 e. The fourth-order valence-electron chi connectivity index (χ4n) is 3.30. The molecule has 0 unspecified atom stereocenters. The first-order valence-corrected chi connectivity index (χ1v) is 12.2. The van der Waals surface area contributed by atoms with E-state index in [0.29, 0.717) is 11.7 Å². The number of hydrogen-bond donors (Lipinski definition) is 0. The lowest BCUT2D eigenvalue weighted by molar-refractivity contribution is -0.116. The van der Waals surface area contributed by atoms with Gasteiger partial charge in [0.05, 0.1) is 15.1 Å². The standard InChI is InChI=1S/C22H27N3O3S2/c1-16-13-17(2)21-19(14-16)23-22(29-21)25(12-8-11-24(3)4)20(26)15-30(27,28)18-9-6-5-7-10-18/h5-7,9-10,13-14H,8,11-12,15H2,1-4H3. The number of carbonyl (C=O) groups excluding carboxylic acids is 1. The fourth-order valence-corrected chi connectivity index (χ4v) is 5.58. The van der Waals surface area contributed by atoms with Gasteiger partial charge in [-0.3, -0.25) is 9.69 Å². The highest BCUT2D eigenvalue weighted by Gasteiger charge is 2.26. The van der Waals surface area contributed by atoms with Crippen molar-refractivity contribution in [1.29, 1.82) is 0 Å². The lowest BCUT2D eigenvalue weighted by Crippen LogP contribution is -2.37. The van der Waals surface area contributed by atoms with Crippen molar-refractivity contribution in [2.45, 2.75) is 25.2 Å². The van der Waals surface area contributed by atoms with E-state index in [-0.39, 0.29) is 4.90 Å². The number of rotatable bonds is 8. The Bertz CT molecular complexity index is 1140. The summed E-state index contributed by atoms with van der Waals surface area (Å²) >= 11 is 1.44. The van der Waals surface area contributed by atoms with Crippen molar-refractivity contribution in [3.8, 4) is 0 Å². The van der Waals surface area contributed by atoms with Crippen LogP contribution in [0.2, 0.25) is 0 Å². The number of anilines is 1. The van der Waals surface area contributed by atoms with Gasteiger partial charge < -0.3 is 4.90 Å². The van der Waals surface area contributed by atoms with Crippen molar-refractivity contribution in [2.75, 3.05) is 37.8 Å². The van der Waals surface area contributed by atoms with E-state index < -0.39 is 21.5 Å². The third-order valence-corrected chi connectivity index (χ3v) is 7.59. The molecule has 0 atom stereocenters. The van der Waals surface area contributed by atoms with Crippen LogP contribution in [0.15, 0.2) is 47.4 Å². The summed E-state index contributed by atoms with van der Waals surface area (Å²) in [5.74, 6) is -1.03. The van der Waals surface area contributed by atoms with Crippen LogP contribution in [0.4, 0.5) is 5.13 Å². The highest BCUT2D eigenvalue weighted by atomic mass is 32.2. The highest BCUT2D eigenvalue weighted by Crippen LogP contribution is 2.32. The van der Waals surface area contributed by atoms with Gasteiger partial charge in [-0.05, 0) is 70.2 Å². The Kier molecular flexibility index (Phi) is 6.90. The molecule has 3 aromatic rings. The summed E-state index contributed by atoms with van der Waals surface area (Å²) in [6.45, 7) is 5.24. The van der Waals surface area contributed by atoms with E-state index in [1.54, 1.807) is 18.2 Å². The van der Waals surface area contributed by atoms with Gasteiger partial charge in [0.15, 0.2) is 15.0 Å². The molecule has 0 fully saturated rings. The summed E-state index contributed by atoms with van der Waals surface area (Å²) in [4.78, 5) is 21.5. The highest BCUT2D eigenvalue weighted by molar-refractivity contribution is 7.92. The Morgan fingerprint density at radius 3 is 2.43 bits per heavy atom. The van der Waals surface area contributed by atoms with Gasteiger partial charge in [0.25, 0.3) is 0 Å². The van der Waals surface area contributed by atoms with Crippen molar-refractivity contribution in [1.82, 2.24) is 9.88 Å². The zero-order valence-corrected chi connectivity index (χ0v) is 19.4. The molecule has 6 nitrogen and oxygen atoms in total. The van der Waals surface area contributed by atoms with Crippen molar-refractivity contribution in [2.24, 2.45) is 0 Å². The van der Waals surface area contributed by atoms with Crippen molar-refractivity contribution in [3.05, 3.63) is 53.6 Å². The van der Waals surface area contributed by atoms with Gasteiger partial charge in [-0.2, -0.15) is 0 Å². The van der Waals surface area contributed by atoms with Gasteiger partial charge in [-0.15, -0.1) is 0 Å². The Morgan fingerprint density at radius 1 is 1.07 bits per heavy atom. The minimum absolute atomic E-state index is 0.155. The number of hydrogen-bond acceptors (Lipinski definition) is 6. The molecule has 0 saturated carbocycles. The Hall–Kier alpha value is -2.29. The first-order chi connectivity index (χ1) is 14.2. The Labute approximate surface area is 182 Å². The molecule has 0 bridgehead atoms. The average molecular weight is 446 g/mol. The maximum Gasteiger partial charge on any atom is 0.244 e. The monoisotopic (exact) mass is 445 g/mol. The molecule has 1 heterocycles. The minimum atomic E-state index is -3.72. The van der Waals surface area contributed by atoms with Gasteiger partial charge in [-0.25, -0.2) is 13.4 Å². The van der Waals surface area contributed by atoms with Gasteiger partial charge in [-0.1, -0.05) is 35.6 Å². The predicted molar refractivity (Wildman–Crippen MR) is 123 cm³/mol. The Morgan fingerprint density at radius 2 is 1.77 bits per heavy atom. The molecular weight excluding hydrogens is 418 g/mol. The van der Waals surface area contributed by atoms with Crippen LogP contribution in [-0.2, 0) is 14.6 Å². The number of benzene rings is 2. The van der Waals surface area contributed by atoms with E-state index in [1.807, 2.05) is 38.9 Å². The zero-order chi connectivity index (χ0) is 21.9. The number of nitrogens with zero attached hydrogens (tertiary/aromatic N) is 3. The molecule has 0 aliphatic carbocycles. The van der Waals surface area contributed by atoms with Crippen LogP contribution in [0.25, 0.3) is 10.2 Å². The zero-order valence-electron chi connectivity index (χ0n) is 17.8. The molecule has 1 aromatic heterocycles. The number of fused-ring (bicyclic) bond motifs is 1. The van der Waals surface area contributed by atoms with E-state index >= 15 is 0 Å². The molecule has 0 radical (unpaired) electrons. The molecule has 1 amide bonds. The molecule has 30 heavy (non-hydrogen) atoms. The van der Waals surface area contributed by atoms with Gasteiger partial charge in [0, 0.05) is 6.54 Å². The second-order valence-corrected chi connectivity index (χ2v) is 10.7. The summed E-state index contributed by atoms with van der Waals surface area (Å²) in [6, 6.07) is 12.2. The second-order valence-electron chi connectivity index (χ2n) is 7.70. The SMILES string of the molecule is Cc1cc(C)c2sc(N(CCCN(C)C)C(=O)CS(=O)(=O)c3ccccc3)nc2c1. The van der Waals surface area contributed by atoms with Gasteiger partial charge in [0.2, 0.25) is 5.91 Å². The summed E-state index contributed by atoms with van der Waals surface area (Å²) in [5, 5.41) is 0.547. The number of amides is 1. The van der Waals surface area contributed by atoms with Crippen molar-refractivity contribution >= 4 is 42.4 Å². The fraction of sp³-hybridized carbons (Fsp3) is 0.364. The normalized spacial score (nSPS) is 11.9.